The third kappa shape index (κ3) is 5.54. The van der Waals surface area contributed by atoms with Crippen molar-refractivity contribution in [3.63, 3.8) is 0 Å². The topological polar surface area (TPSA) is 130 Å². The molecule has 0 aliphatic rings. The first-order valence-electron chi connectivity index (χ1n) is 6.69. The molecule has 0 bridgehead atoms. The predicted molar refractivity (Wildman–Crippen MR) is 74.4 cm³/mol. The second kappa shape index (κ2) is 7.77. The molecule has 0 radical (unpaired) electrons. The summed E-state index contributed by atoms with van der Waals surface area (Å²) < 4.78 is 37.3. The Bertz CT molecular complexity index is 616. The van der Waals surface area contributed by atoms with Crippen LogP contribution in [0.3, 0.4) is 0 Å². The van der Waals surface area contributed by atoms with Gasteiger partial charge in [0.1, 0.15) is 6.04 Å². The van der Waals surface area contributed by atoms with Gasteiger partial charge in [-0.15, -0.1) is 0 Å². The fourth-order valence-corrected chi connectivity index (χ4v) is 1.81. The number of nitrogens with two attached hydrogens (primary N) is 1. The number of hydrogen-bond acceptors (Lipinski definition) is 4. The quantitative estimate of drug-likeness (QED) is 0.572. The van der Waals surface area contributed by atoms with E-state index in [4.69, 9.17) is 10.8 Å². The van der Waals surface area contributed by atoms with E-state index < -0.39 is 48.1 Å². The van der Waals surface area contributed by atoms with E-state index in [9.17, 15) is 32.7 Å². The summed E-state index contributed by atoms with van der Waals surface area (Å²) in [5.74, 6) is -3.29. The van der Waals surface area contributed by atoms with Crippen molar-refractivity contribution < 1.29 is 37.8 Å². The largest absolute Gasteiger partial charge is 0.481 e. The molecule has 0 aliphatic carbocycles. The molecule has 2 amide bonds. The summed E-state index contributed by atoms with van der Waals surface area (Å²) >= 11 is 0. The van der Waals surface area contributed by atoms with Crippen LogP contribution < -0.4 is 11.1 Å². The van der Waals surface area contributed by atoms with E-state index >= 15 is 0 Å². The van der Waals surface area contributed by atoms with E-state index in [2.05, 4.69) is 5.32 Å². The van der Waals surface area contributed by atoms with E-state index in [1.54, 1.807) is 0 Å². The predicted octanol–water partition coefficient (Wildman–Crippen LogP) is 0.574. The molecule has 10 heteroatoms. The number of rotatable bonds is 7. The number of carboxylic acid groups (broad SMARTS) is 1. The number of aliphatic hydroxyl groups is 1. The van der Waals surface area contributed by atoms with E-state index in [0.717, 1.165) is 12.1 Å². The molecule has 1 aromatic rings. The monoisotopic (exact) mass is 348 g/mol. The zero-order valence-corrected chi connectivity index (χ0v) is 12.2. The molecule has 2 atom stereocenters. The van der Waals surface area contributed by atoms with Gasteiger partial charge in [-0.25, -0.2) is 0 Å². The van der Waals surface area contributed by atoms with Crippen LogP contribution >= 0.6 is 0 Å². The molecule has 132 valence electrons. The summed E-state index contributed by atoms with van der Waals surface area (Å²) in [6.45, 7) is 0. The average molecular weight is 348 g/mol. The lowest BCUT2D eigenvalue weighted by Gasteiger charge is -2.18. The minimum absolute atomic E-state index is 0.123. The van der Waals surface area contributed by atoms with Crippen LogP contribution in [0.25, 0.3) is 0 Å². The summed E-state index contributed by atoms with van der Waals surface area (Å²) in [5.41, 5.74) is 3.95. The number of alkyl halides is 3. The Morgan fingerprint density at radius 1 is 1.17 bits per heavy atom. The second-order valence-corrected chi connectivity index (χ2v) is 4.92. The van der Waals surface area contributed by atoms with Crippen molar-refractivity contribution in [1.82, 2.24) is 5.32 Å². The fourth-order valence-electron chi connectivity index (χ4n) is 1.81. The van der Waals surface area contributed by atoms with Gasteiger partial charge < -0.3 is 21.3 Å². The number of aliphatic hydroxyl groups excluding tert-OH is 1. The molecule has 0 spiro atoms. The Hall–Kier alpha value is -2.62. The number of halogens is 3. The number of benzene rings is 1. The van der Waals surface area contributed by atoms with Gasteiger partial charge in [-0.3, -0.25) is 14.4 Å². The molecule has 1 aromatic carbocycles. The zero-order valence-electron chi connectivity index (χ0n) is 12.2. The number of carboxylic acids is 1. The third-order valence-corrected chi connectivity index (χ3v) is 3.11. The Kier molecular flexibility index (Phi) is 6.29. The third-order valence-electron chi connectivity index (χ3n) is 3.11. The number of carbonyl (C=O) groups excluding carboxylic acids is 2. The summed E-state index contributed by atoms with van der Waals surface area (Å²) in [6.07, 6.45) is -7.11. The zero-order chi connectivity index (χ0) is 18.5. The molecule has 0 saturated carbocycles. The Morgan fingerprint density at radius 2 is 1.71 bits per heavy atom. The molecular weight excluding hydrogens is 333 g/mol. The van der Waals surface area contributed by atoms with Crippen molar-refractivity contribution in [2.75, 3.05) is 0 Å². The molecule has 0 aromatic heterocycles. The number of amides is 2. The number of hydrogen-bond donors (Lipinski definition) is 4. The van der Waals surface area contributed by atoms with Crippen molar-refractivity contribution in [3.05, 3.63) is 35.4 Å². The summed E-state index contributed by atoms with van der Waals surface area (Å²) in [5, 5.41) is 20.4. The van der Waals surface area contributed by atoms with E-state index in [1.807, 2.05) is 0 Å². The van der Waals surface area contributed by atoms with Gasteiger partial charge >= 0.3 is 12.1 Å². The van der Waals surface area contributed by atoms with Gasteiger partial charge in [0.25, 0.3) is 5.91 Å². The Balaban J connectivity index is 2.78. The number of nitrogens with one attached hydrogen (secondary N) is 1. The second-order valence-electron chi connectivity index (χ2n) is 4.92. The van der Waals surface area contributed by atoms with Crippen LogP contribution in [0.1, 0.15) is 30.1 Å². The SMILES string of the molecule is NC(=O)[C@H](CCC(=O)O)NC(=O)[C@@H](O)c1ccc(C(F)(F)F)cc1. The van der Waals surface area contributed by atoms with Crippen molar-refractivity contribution in [2.45, 2.75) is 31.2 Å². The first-order valence-corrected chi connectivity index (χ1v) is 6.69. The van der Waals surface area contributed by atoms with Crippen LogP contribution in [0.4, 0.5) is 13.2 Å². The highest BCUT2D eigenvalue weighted by Gasteiger charge is 2.31. The van der Waals surface area contributed by atoms with E-state index in [0.29, 0.717) is 12.1 Å². The van der Waals surface area contributed by atoms with E-state index in [1.165, 1.54) is 0 Å². The minimum Gasteiger partial charge on any atom is -0.481 e. The molecule has 0 unspecified atom stereocenters. The molecular formula is C14H15F3N2O5. The maximum absolute atomic E-state index is 12.4. The van der Waals surface area contributed by atoms with Gasteiger partial charge in [-0.05, 0) is 24.1 Å². The lowest BCUT2D eigenvalue weighted by molar-refractivity contribution is -0.139. The van der Waals surface area contributed by atoms with Crippen LogP contribution in [0.2, 0.25) is 0 Å². The van der Waals surface area contributed by atoms with Crippen LogP contribution in [0.5, 0.6) is 0 Å². The highest BCUT2D eigenvalue weighted by molar-refractivity contribution is 5.89. The smallest absolute Gasteiger partial charge is 0.416 e. The van der Waals surface area contributed by atoms with E-state index in [-0.39, 0.29) is 12.0 Å². The van der Waals surface area contributed by atoms with Gasteiger partial charge in [0, 0.05) is 6.42 Å². The van der Waals surface area contributed by atoms with Crippen molar-refractivity contribution in [2.24, 2.45) is 5.73 Å². The number of carbonyl (C=O) groups is 3. The Morgan fingerprint density at radius 3 is 2.12 bits per heavy atom. The van der Waals surface area contributed by atoms with Crippen molar-refractivity contribution in [1.29, 1.82) is 0 Å². The number of aliphatic carboxylic acids is 1. The maximum Gasteiger partial charge on any atom is 0.416 e. The van der Waals surface area contributed by atoms with Crippen LogP contribution in [-0.2, 0) is 20.6 Å². The normalized spacial score (nSPS) is 13.8. The maximum atomic E-state index is 12.4. The molecule has 0 fully saturated rings. The molecule has 0 aliphatic heterocycles. The Labute approximate surface area is 134 Å². The lowest BCUT2D eigenvalue weighted by Crippen LogP contribution is -2.46. The molecule has 24 heavy (non-hydrogen) atoms. The molecule has 1 rings (SSSR count). The molecule has 7 nitrogen and oxygen atoms in total. The highest BCUT2D eigenvalue weighted by atomic mass is 19.4. The van der Waals surface area contributed by atoms with Gasteiger partial charge in [-0.1, -0.05) is 12.1 Å². The van der Waals surface area contributed by atoms with Crippen LogP contribution in [0.15, 0.2) is 24.3 Å². The van der Waals surface area contributed by atoms with Gasteiger partial charge in [0.2, 0.25) is 5.91 Å². The highest BCUT2D eigenvalue weighted by Crippen LogP contribution is 2.29. The van der Waals surface area contributed by atoms with Gasteiger partial charge in [-0.2, -0.15) is 13.2 Å². The summed E-state index contributed by atoms with van der Waals surface area (Å²) in [4.78, 5) is 33.5. The average Bonchev–Trinajstić information content (AvgIpc) is 2.49. The lowest BCUT2D eigenvalue weighted by atomic mass is 10.0. The first-order chi connectivity index (χ1) is 11.0. The first kappa shape index (κ1) is 19.4. The standard InChI is InChI=1S/C14H15F3N2O5/c15-14(16,17)8-3-1-7(2-4-8)11(22)13(24)19-9(12(18)23)5-6-10(20)21/h1-4,9,11,22H,5-6H2,(H2,18,23)(H,19,24)(H,20,21)/t9-,11-/m0/s1. The molecule has 5 N–H and O–H groups in total. The van der Waals surface area contributed by atoms with Crippen LogP contribution in [-0.4, -0.2) is 34.0 Å². The van der Waals surface area contributed by atoms with Crippen molar-refractivity contribution >= 4 is 17.8 Å². The summed E-state index contributed by atoms with van der Waals surface area (Å²) in [6, 6.07) is 1.91. The minimum atomic E-state index is -4.56. The van der Waals surface area contributed by atoms with Gasteiger partial charge in [0.05, 0.1) is 5.56 Å². The molecule has 0 heterocycles. The van der Waals surface area contributed by atoms with Gasteiger partial charge in [0.15, 0.2) is 6.10 Å². The number of primary amides is 1. The van der Waals surface area contributed by atoms with Crippen LogP contribution in [0, 0.1) is 0 Å². The summed E-state index contributed by atoms with van der Waals surface area (Å²) in [7, 11) is 0. The van der Waals surface area contributed by atoms with Crippen molar-refractivity contribution in [3.8, 4) is 0 Å². The molecule has 0 saturated heterocycles. The fraction of sp³-hybridized carbons (Fsp3) is 0.357.